The first-order valence-electron chi connectivity index (χ1n) is 13.0. The first-order valence-corrected chi connectivity index (χ1v) is 13.0. The fourth-order valence-corrected chi connectivity index (χ4v) is 5.41. The average Bonchev–Trinajstić information content (AvgIpc) is 2.90. The highest BCUT2D eigenvalue weighted by Crippen LogP contribution is 2.39. The van der Waals surface area contributed by atoms with Crippen molar-refractivity contribution in [2.45, 2.75) is 51.9 Å². The SMILES string of the molecule is Cc1ccc(-c2c3n(c(=O)c4ncccc24)CC[C@@H](C)CN(Cc2cc(C(F)(F)F)cc(C(F)(F)F)c2)C3O)cc1. The summed E-state index contributed by atoms with van der Waals surface area (Å²) < 4.78 is 82.8. The van der Waals surface area contributed by atoms with Crippen molar-refractivity contribution in [3.05, 3.63) is 99.1 Å². The Morgan fingerprint density at radius 2 is 1.61 bits per heavy atom. The zero-order valence-corrected chi connectivity index (χ0v) is 22.2. The molecule has 4 aromatic rings. The van der Waals surface area contributed by atoms with Crippen LogP contribution in [-0.4, -0.2) is 26.1 Å². The van der Waals surface area contributed by atoms with Crippen LogP contribution in [0.4, 0.5) is 26.3 Å². The number of fused-ring (bicyclic) bond motifs is 2. The number of hydrogen-bond donors (Lipinski definition) is 1. The molecule has 1 aliphatic heterocycles. The van der Waals surface area contributed by atoms with Crippen LogP contribution in [-0.2, 0) is 25.4 Å². The summed E-state index contributed by atoms with van der Waals surface area (Å²) in [5, 5.41) is 12.3. The summed E-state index contributed by atoms with van der Waals surface area (Å²) in [5.74, 6) is -0.139. The first kappa shape index (κ1) is 28.8. The predicted octanol–water partition coefficient (Wildman–Crippen LogP) is 6.94. The van der Waals surface area contributed by atoms with Gasteiger partial charge in [0, 0.05) is 36.8 Å². The second-order valence-corrected chi connectivity index (χ2v) is 10.6. The van der Waals surface area contributed by atoms with E-state index in [0.717, 1.165) is 5.56 Å². The van der Waals surface area contributed by atoms with Gasteiger partial charge in [0.25, 0.3) is 5.56 Å². The van der Waals surface area contributed by atoms with Crippen molar-refractivity contribution in [2.24, 2.45) is 5.92 Å². The molecule has 1 unspecified atom stereocenters. The molecular formula is C30H27F6N3O2. The van der Waals surface area contributed by atoms with Crippen molar-refractivity contribution in [1.82, 2.24) is 14.5 Å². The molecule has 1 N–H and O–H groups in total. The number of hydrogen-bond acceptors (Lipinski definition) is 4. The summed E-state index contributed by atoms with van der Waals surface area (Å²) in [6.45, 7) is 3.78. The van der Waals surface area contributed by atoms with Gasteiger partial charge >= 0.3 is 12.4 Å². The second-order valence-electron chi connectivity index (χ2n) is 10.6. The number of alkyl halides is 6. The minimum Gasteiger partial charge on any atom is -0.372 e. The van der Waals surface area contributed by atoms with E-state index in [1.165, 1.54) is 15.7 Å². The standard InChI is InChI=1S/C30H27F6N3O2/c1-17-5-7-20(8-6-17)24-23-4-3-10-37-25(23)27(40)39-11-9-18(2)15-38(28(41)26(24)39)16-19-12-21(29(31,32)33)14-22(13-19)30(34,35)36/h3-8,10,12-14,18,28,41H,9,11,15-16H2,1-2H3/t18-,28?/m1/s1. The molecule has 1 aliphatic rings. The minimum absolute atomic E-state index is 0.0828. The number of aryl methyl sites for hydroxylation is 1. The van der Waals surface area contributed by atoms with E-state index in [9.17, 15) is 36.2 Å². The summed E-state index contributed by atoms with van der Waals surface area (Å²) >= 11 is 0. The maximum atomic E-state index is 13.6. The van der Waals surface area contributed by atoms with Gasteiger partial charge in [-0.3, -0.25) is 14.7 Å². The van der Waals surface area contributed by atoms with Crippen molar-refractivity contribution in [1.29, 1.82) is 0 Å². The fraction of sp³-hybridized carbons (Fsp3) is 0.333. The maximum Gasteiger partial charge on any atom is 0.416 e. The predicted molar refractivity (Wildman–Crippen MR) is 142 cm³/mol. The second kappa shape index (κ2) is 10.6. The molecule has 0 radical (unpaired) electrons. The number of nitrogens with zero attached hydrogens (tertiary/aromatic N) is 3. The Kier molecular flexibility index (Phi) is 7.46. The Morgan fingerprint density at radius 1 is 0.976 bits per heavy atom. The van der Waals surface area contributed by atoms with E-state index < -0.39 is 41.8 Å². The normalized spacial score (nSPS) is 18.7. The molecule has 11 heteroatoms. The molecule has 0 amide bonds. The third-order valence-electron chi connectivity index (χ3n) is 7.43. The molecule has 2 atom stereocenters. The van der Waals surface area contributed by atoms with Crippen molar-refractivity contribution in [3.63, 3.8) is 0 Å². The zero-order valence-electron chi connectivity index (χ0n) is 22.2. The van der Waals surface area contributed by atoms with Gasteiger partial charge in [-0.15, -0.1) is 0 Å². The van der Waals surface area contributed by atoms with Crippen molar-refractivity contribution >= 4 is 10.9 Å². The molecule has 3 heterocycles. The van der Waals surface area contributed by atoms with Crippen LogP contribution in [0.1, 0.15) is 47.5 Å². The fourth-order valence-electron chi connectivity index (χ4n) is 5.41. The molecule has 5 nitrogen and oxygen atoms in total. The van der Waals surface area contributed by atoms with Crippen molar-refractivity contribution < 1.29 is 31.4 Å². The van der Waals surface area contributed by atoms with Crippen LogP contribution in [0.5, 0.6) is 0 Å². The molecule has 0 fully saturated rings. The highest BCUT2D eigenvalue weighted by Gasteiger charge is 2.38. The van der Waals surface area contributed by atoms with Crippen LogP contribution in [0.2, 0.25) is 0 Å². The number of aliphatic hydroxyl groups is 1. The molecule has 0 saturated heterocycles. The van der Waals surface area contributed by atoms with Gasteiger partial charge in [0.1, 0.15) is 11.7 Å². The number of aliphatic hydroxyl groups excluding tert-OH is 1. The summed E-state index contributed by atoms with van der Waals surface area (Å²) in [7, 11) is 0. The Hall–Kier alpha value is -3.70. The monoisotopic (exact) mass is 575 g/mol. The average molecular weight is 576 g/mol. The van der Waals surface area contributed by atoms with Gasteiger partial charge in [0.05, 0.1) is 16.8 Å². The number of halogens is 6. The molecular weight excluding hydrogens is 548 g/mol. The van der Waals surface area contributed by atoms with Gasteiger partial charge in [-0.2, -0.15) is 26.3 Å². The lowest BCUT2D eigenvalue weighted by Crippen LogP contribution is -2.40. The summed E-state index contributed by atoms with van der Waals surface area (Å²) in [6, 6.07) is 12.2. The minimum atomic E-state index is -5.00. The van der Waals surface area contributed by atoms with Gasteiger partial charge in [-0.25, -0.2) is 0 Å². The number of aromatic nitrogens is 2. The lowest BCUT2D eigenvalue weighted by molar-refractivity contribution is -0.143. The molecule has 2 aromatic carbocycles. The van der Waals surface area contributed by atoms with Crippen LogP contribution < -0.4 is 5.56 Å². The van der Waals surface area contributed by atoms with Crippen LogP contribution in [0.15, 0.2) is 65.6 Å². The molecule has 0 saturated carbocycles. The number of benzene rings is 2. The Balaban J connectivity index is 1.71. The van der Waals surface area contributed by atoms with E-state index in [1.807, 2.05) is 38.1 Å². The molecule has 2 aromatic heterocycles. The van der Waals surface area contributed by atoms with E-state index in [2.05, 4.69) is 4.98 Å². The molecule has 41 heavy (non-hydrogen) atoms. The van der Waals surface area contributed by atoms with Crippen LogP contribution in [0, 0.1) is 12.8 Å². The highest BCUT2D eigenvalue weighted by molar-refractivity contribution is 5.95. The van der Waals surface area contributed by atoms with E-state index in [0.29, 0.717) is 35.1 Å². The van der Waals surface area contributed by atoms with Gasteiger partial charge in [0.15, 0.2) is 0 Å². The summed E-state index contributed by atoms with van der Waals surface area (Å²) in [6.07, 6.45) is -9.53. The summed E-state index contributed by atoms with van der Waals surface area (Å²) in [5.41, 5.74) is -0.931. The van der Waals surface area contributed by atoms with E-state index in [4.69, 9.17) is 0 Å². The molecule has 216 valence electrons. The topological polar surface area (TPSA) is 58.4 Å². The van der Waals surface area contributed by atoms with Crippen molar-refractivity contribution in [2.75, 3.05) is 6.54 Å². The lowest BCUT2D eigenvalue weighted by atomic mass is 9.94. The number of rotatable bonds is 3. The van der Waals surface area contributed by atoms with E-state index in [1.54, 1.807) is 12.1 Å². The Labute approximate surface area is 231 Å². The molecule has 5 rings (SSSR count). The largest absolute Gasteiger partial charge is 0.416 e. The van der Waals surface area contributed by atoms with E-state index >= 15 is 0 Å². The van der Waals surface area contributed by atoms with Crippen molar-refractivity contribution in [3.8, 4) is 11.1 Å². The smallest absolute Gasteiger partial charge is 0.372 e. The van der Waals surface area contributed by atoms with Gasteiger partial charge < -0.3 is 9.67 Å². The van der Waals surface area contributed by atoms with Gasteiger partial charge in [-0.05, 0) is 54.7 Å². The maximum absolute atomic E-state index is 13.6. The Morgan fingerprint density at radius 3 is 2.22 bits per heavy atom. The van der Waals surface area contributed by atoms with Crippen LogP contribution in [0.25, 0.3) is 22.0 Å². The number of pyridine rings is 2. The van der Waals surface area contributed by atoms with Crippen LogP contribution in [0.3, 0.4) is 0 Å². The quantitative estimate of drug-likeness (QED) is 0.269. The molecule has 0 spiro atoms. The van der Waals surface area contributed by atoms with Gasteiger partial charge in [0.2, 0.25) is 0 Å². The first-order chi connectivity index (χ1) is 19.2. The zero-order chi connectivity index (χ0) is 29.7. The van der Waals surface area contributed by atoms with Crippen LogP contribution >= 0.6 is 0 Å². The lowest BCUT2D eigenvalue weighted by Gasteiger charge is -2.36. The molecule has 0 bridgehead atoms. The van der Waals surface area contributed by atoms with E-state index in [-0.39, 0.29) is 41.8 Å². The van der Waals surface area contributed by atoms with Gasteiger partial charge in [-0.1, -0.05) is 42.8 Å². The third-order valence-corrected chi connectivity index (χ3v) is 7.43. The summed E-state index contributed by atoms with van der Waals surface area (Å²) in [4.78, 5) is 19.3. The Bertz CT molecular complexity index is 1610. The molecule has 0 aliphatic carbocycles. The third kappa shape index (κ3) is 5.73. The highest BCUT2D eigenvalue weighted by atomic mass is 19.4.